The molecule has 2 atom stereocenters. The first-order chi connectivity index (χ1) is 10.3. The normalized spacial score (nSPS) is 20.8. The van der Waals surface area contributed by atoms with Crippen LogP contribution in [0.5, 0.6) is 0 Å². The lowest BCUT2D eigenvalue weighted by atomic mass is 10.00. The summed E-state index contributed by atoms with van der Waals surface area (Å²) in [6.07, 6.45) is 4.87. The van der Waals surface area contributed by atoms with E-state index in [-0.39, 0.29) is 30.1 Å². The fourth-order valence-corrected chi connectivity index (χ4v) is 3.68. The van der Waals surface area contributed by atoms with Crippen molar-refractivity contribution in [2.45, 2.75) is 44.0 Å². The number of carbonyl (C=O) groups excluding carboxylic acids is 1. The molecule has 0 bridgehead atoms. The van der Waals surface area contributed by atoms with E-state index in [1.54, 1.807) is 12.1 Å². The fraction of sp³-hybridized carbons (Fsp3) is 0.562. The molecule has 130 valence electrons. The molecular formula is C16H25ClN2O3S. The van der Waals surface area contributed by atoms with E-state index in [1.807, 2.05) is 12.1 Å². The first kappa shape index (κ1) is 19.9. The molecule has 1 saturated carbocycles. The number of rotatable bonds is 6. The molecular weight excluding hydrogens is 336 g/mol. The van der Waals surface area contributed by atoms with Gasteiger partial charge in [0.1, 0.15) is 0 Å². The summed E-state index contributed by atoms with van der Waals surface area (Å²) in [6, 6.07) is 7.43. The summed E-state index contributed by atoms with van der Waals surface area (Å²) < 4.78 is 22.4. The van der Waals surface area contributed by atoms with Crippen LogP contribution < -0.4 is 11.1 Å². The van der Waals surface area contributed by atoms with Crippen LogP contribution in [0.1, 0.15) is 36.8 Å². The van der Waals surface area contributed by atoms with Gasteiger partial charge in [0, 0.05) is 25.3 Å². The number of sulfone groups is 1. The minimum absolute atomic E-state index is 0. The monoisotopic (exact) mass is 360 g/mol. The van der Waals surface area contributed by atoms with Gasteiger partial charge in [-0.25, -0.2) is 8.42 Å². The van der Waals surface area contributed by atoms with Gasteiger partial charge in [0.15, 0.2) is 9.84 Å². The highest BCUT2D eigenvalue weighted by atomic mass is 35.5. The Morgan fingerprint density at radius 2 is 1.83 bits per heavy atom. The highest BCUT2D eigenvalue weighted by molar-refractivity contribution is 7.89. The van der Waals surface area contributed by atoms with Gasteiger partial charge in [0.2, 0.25) is 5.91 Å². The van der Waals surface area contributed by atoms with Gasteiger partial charge >= 0.3 is 0 Å². The van der Waals surface area contributed by atoms with Crippen LogP contribution in [-0.4, -0.2) is 26.6 Å². The molecule has 0 saturated heterocycles. The summed E-state index contributed by atoms with van der Waals surface area (Å²) in [5, 5.41) is 2.90. The number of nitrogens with one attached hydrogen (secondary N) is 1. The van der Waals surface area contributed by atoms with E-state index in [0.717, 1.165) is 30.4 Å². The van der Waals surface area contributed by atoms with Gasteiger partial charge in [-0.05, 0) is 29.9 Å². The molecule has 0 aromatic heterocycles. The zero-order valence-electron chi connectivity index (χ0n) is 13.3. The van der Waals surface area contributed by atoms with E-state index < -0.39 is 9.84 Å². The van der Waals surface area contributed by atoms with E-state index in [1.165, 1.54) is 6.26 Å². The zero-order chi connectivity index (χ0) is 16.2. The number of amides is 1. The highest BCUT2D eigenvalue weighted by Crippen LogP contribution is 2.26. The summed E-state index contributed by atoms with van der Waals surface area (Å²) in [5.74, 6) is 0.374. The summed E-state index contributed by atoms with van der Waals surface area (Å²) >= 11 is 0. The topological polar surface area (TPSA) is 89.3 Å². The Morgan fingerprint density at radius 3 is 2.35 bits per heavy atom. The Hall–Kier alpha value is -1.11. The lowest BCUT2D eigenvalue weighted by Crippen LogP contribution is -2.31. The molecule has 1 aliphatic carbocycles. The van der Waals surface area contributed by atoms with Crippen molar-refractivity contribution in [2.75, 3.05) is 6.26 Å². The Bertz CT molecular complexity index is 617. The molecule has 0 radical (unpaired) electrons. The minimum atomic E-state index is -3.02. The molecule has 1 aliphatic rings. The molecule has 1 amide bonds. The summed E-state index contributed by atoms with van der Waals surface area (Å²) in [5.41, 5.74) is 7.69. The number of nitrogens with two attached hydrogens (primary N) is 1. The molecule has 0 unspecified atom stereocenters. The average molecular weight is 361 g/mol. The molecule has 0 heterocycles. The van der Waals surface area contributed by atoms with E-state index in [2.05, 4.69) is 5.32 Å². The lowest BCUT2D eigenvalue weighted by molar-refractivity contribution is -0.122. The third-order valence-corrected chi connectivity index (χ3v) is 4.96. The van der Waals surface area contributed by atoms with E-state index in [4.69, 9.17) is 5.73 Å². The molecule has 7 heteroatoms. The van der Waals surface area contributed by atoms with Crippen LogP contribution in [-0.2, 0) is 26.9 Å². The summed E-state index contributed by atoms with van der Waals surface area (Å²) in [7, 11) is -3.02. The average Bonchev–Trinajstić information content (AvgIpc) is 2.82. The first-order valence-corrected chi connectivity index (χ1v) is 9.67. The predicted molar refractivity (Wildman–Crippen MR) is 94.0 cm³/mol. The van der Waals surface area contributed by atoms with Crippen LogP contribution in [0.4, 0.5) is 0 Å². The van der Waals surface area contributed by atoms with Gasteiger partial charge in [-0.3, -0.25) is 4.79 Å². The Kier molecular flexibility index (Phi) is 7.51. The second-order valence-electron chi connectivity index (χ2n) is 6.22. The first-order valence-electron chi connectivity index (χ1n) is 7.61. The maximum Gasteiger partial charge on any atom is 0.220 e. The van der Waals surface area contributed by atoms with Crippen molar-refractivity contribution in [3.8, 4) is 0 Å². The van der Waals surface area contributed by atoms with Crippen LogP contribution in [0.2, 0.25) is 0 Å². The number of hydrogen-bond acceptors (Lipinski definition) is 4. The highest BCUT2D eigenvalue weighted by Gasteiger charge is 2.25. The van der Waals surface area contributed by atoms with Crippen LogP contribution in [0.25, 0.3) is 0 Å². The van der Waals surface area contributed by atoms with Crippen LogP contribution in [0.15, 0.2) is 24.3 Å². The Balaban J connectivity index is 0.00000264. The lowest BCUT2D eigenvalue weighted by Gasteiger charge is -2.14. The van der Waals surface area contributed by atoms with E-state index >= 15 is 0 Å². The molecule has 1 aromatic carbocycles. The molecule has 2 rings (SSSR count). The second kappa shape index (κ2) is 8.66. The molecule has 1 aromatic rings. The van der Waals surface area contributed by atoms with Gasteiger partial charge in [-0.2, -0.15) is 0 Å². The van der Waals surface area contributed by atoms with Crippen LogP contribution in [0, 0.1) is 5.92 Å². The fourth-order valence-electron chi connectivity index (χ4n) is 2.89. The van der Waals surface area contributed by atoms with E-state index in [0.29, 0.717) is 18.9 Å². The van der Waals surface area contributed by atoms with Crippen molar-refractivity contribution in [1.29, 1.82) is 0 Å². The van der Waals surface area contributed by atoms with Crippen molar-refractivity contribution in [1.82, 2.24) is 5.32 Å². The third kappa shape index (κ3) is 6.89. The maximum absolute atomic E-state index is 11.9. The third-order valence-electron chi connectivity index (χ3n) is 4.11. The molecule has 0 aliphatic heterocycles. The summed E-state index contributed by atoms with van der Waals surface area (Å²) in [6.45, 7) is 0.458. The summed E-state index contributed by atoms with van der Waals surface area (Å²) in [4.78, 5) is 11.9. The Morgan fingerprint density at radius 1 is 1.22 bits per heavy atom. The number of carbonyl (C=O) groups is 1. The van der Waals surface area contributed by atoms with Gasteiger partial charge < -0.3 is 11.1 Å². The molecule has 0 spiro atoms. The van der Waals surface area contributed by atoms with Crippen molar-refractivity contribution in [3.63, 3.8) is 0 Å². The van der Waals surface area contributed by atoms with Gasteiger partial charge in [0.05, 0.1) is 5.75 Å². The van der Waals surface area contributed by atoms with E-state index in [9.17, 15) is 13.2 Å². The van der Waals surface area contributed by atoms with Crippen LogP contribution in [0.3, 0.4) is 0 Å². The van der Waals surface area contributed by atoms with Gasteiger partial charge in [-0.1, -0.05) is 30.7 Å². The quantitative estimate of drug-likeness (QED) is 0.809. The van der Waals surface area contributed by atoms with Crippen molar-refractivity contribution >= 4 is 28.2 Å². The predicted octanol–water partition coefficient (Wildman–Crippen LogP) is 1.79. The van der Waals surface area contributed by atoms with Crippen molar-refractivity contribution in [3.05, 3.63) is 35.4 Å². The standard InChI is InChI=1S/C16H24N2O3S.ClH/c1-22(20,21)11-13-7-5-12(6-8-13)10-18-16(19)9-14-3-2-4-15(14)17;/h5-8,14-15H,2-4,9-11,17H2,1H3,(H,18,19);1H/t14-,15+;/m0./s1. The number of halogens is 1. The molecule has 23 heavy (non-hydrogen) atoms. The molecule has 3 N–H and O–H groups in total. The molecule has 5 nitrogen and oxygen atoms in total. The Labute approximate surface area is 144 Å². The van der Waals surface area contributed by atoms with Crippen molar-refractivity contribution < 1.29 is 13.2 Å². The van der Waals surface area contributed by atoms with Crippen LogP contribution >= 0.6 is 12.4 Å². The zero-order valence-corrected chi connectivity index (χ0v) is 15.0. The smallest absolute Gasteiger partial charge is 0.220 e. The SMILES string of the molecule is CS(=O)(=O)Cc1ccc(CNC(=O)C[C@@H]2CCC[C@H]2N)cc1.Cl. The van der Waals surface area contributed by atoms with Gasteiger partial charge in [-0.15, -0.1) is 12.4 Å². The van der Waals surface area contributed by atoms with Gasteiger partial charge in [0.25, 0.3) is 0 Å². The number of benzene rings is 1. The maximum atomic E-state index is 11.9. The van der Waals surface area contributed by atoms with Crippen molar-refractivity contribution in [2.24, 2.45) is 11.7 Å². The minimum Gasteiger partial charge on any atom is -0.352 e. The largest absolute Gasteiger partial charge is 0.352 e. The molecule has 1 fully saturated rings. The number of hydrogen-bond donors (Lipinski definition) is 2. The second-order valence-corrected chi connectivity index (χ2v) is 8.36.